The van der Waals surface area contributed by atoms with Gasteiger partial charge in [0.15, 0.2) is 0 Å². The summed E-state index contributed by atoms with van der Waals surface area (Å²) >= 11 is 5.87. The fraction of sp³-hybridized carbons (Fsp3) is 0.273. The normalized spacial score (nSPS) is 10.6. The van der Waals surface area contributed by atoms with Gasteiger partial charge in [0.1, 0.15) is 5.65 Å². The van der Waals surface area contributed by atoms with Gasteiger partial charge >= 0.3 is 0 Å². The summed E-state index contributed by atoms with van der Waals surface area (Å²) in [6, 6.07) is 3.67. The van der Waals surface area contributed by atoms with Crippen molar-refractivity contribution in [2.45, 2.75) is 13.3 Å². The molecule has 16 heavy (non-hydrogen) atoms. The average Bonchev–Trinajstić information content (AvgIpc) is 2.58. The molecule has 84 valence electrons. The van der Waals surface area contributed by atoms with Gasteiger partial charge in [0.25, 0.3) is 0 Å². The SMILES string of the molecule is CC(=O)NCCc1cn2cc(Cl)ccc2n1. The predicted molar refractivity (Wildman–Crippen MR) is 62.6 cm³/mol. The highest BCUT2D eigenvalue weighted by Crippen LogP contribution is 2.11. The van der Waals surface area contributed by atoms with Gasteiger partial charge in [0.2, 0.25) is 5.91 Å². The van der Waals surface area contributed by atoms with Crippen molar-refractivity contribution in [1.82, 2.24) is 14.7 Å². The summed E-state index contributed by atoms with van der Waals surface area (Å²) in [5.74, 6) is -0.0215. The van der Waals surface area contributed by atoms with Crippen molar-refractivity contribution >= 4 is 23.2 Å². The number of aromatic nitrogens is 2. The Hall–Kier alpha value is -1.55. The van der Waals surface area contributed by atoms with E-state index in [4.69, 9.17) is 11.6 Å². The van der Waals surface area contributed by atoms with Gasteiger partial charge in [-0.1, -0.05) is 11.6 Å². The number of hydrogen-bond donors (Lipinski definition) is 1. The van der Waals surface area contributed by atoms with Crippen LogP contribution in [0.1, 0.15) is 12.6 Å². The topological polar surface area (TPSA) is 46.4 Å². The standard InChI is InChI=1S/C11H12ClN3O/c1-8(16)13-5-4-10-7-15-6-9(12)2-3-11(15)14-10/h2-3,6-7H,4-5H2,1H3,(H,13,16). The van der Waals surface area contributed by atoms with Gasteiger partial charge in [-0.2, -0.15) is 0 Å². The molecule has 0 saturated heterocycles. The number of carbonyl (C=O) groups excluding carboxylic acids is 1. The monoisotopic (exact) mass is 237 g/mol. The number of nitrogens with zero attached hydrogens (tertiary/aromatic N) is 2. The lowest BCUT2D eigenvalue weighted by Crippen LogP contribution is -2.22. The number of hydrogen-bond acceptors (Lipinski definition) is 2. The maximum atomic E-state index is 10.7. The first kappa shape index (κ1) is 11.0. The van der Waals surface area contributed by atoms with Crippen LogP contribution < -0.4 is 5.32 Å². The first-order valence-electron chi connectivity index (χ1n) is 5.03. The largest absolute Gasteiger partial charge is 0.356 e. The fourth-order valence-electron chi connectivity index (χ4n) is 1.50. The lowest BCUT2D eigenvalue weighted by Gasteiger charge is -1.97. The van der Waals surface area contributed by atoms with Crippen molar-refractivity contribution in [1.29, 1.82) is 0 Å². The van der Waals surface area contributed by atoms with Gasteiger partial charge in [-0.05, 0) is 12.1 Å². The summed E-state index contributed by atoms with van der Waals surface area (Å²) < 4.78 is 1.88. The zero-order valence-electron chi connectivity index (χ0n) is 8.90. The minimum absolute atomic E-state index is 0.0215. The van der Waals surface area contributed by atoms with Crippen LogP contribution in [0.15, 0.2) is 24.5 Å². The van der Waals surface area contributed by atoms with Crippen LogP contribution in [0, 0.1) is 0 Å². The van der Waals surface area contributed by atoms with Gasteiger partial charge in [0, 0.05) is 32.3 Å². The van der Waals surface area contributed by atoms with Crippen LogP contribution >= 0.6 is 11.6 Å². The fourth-order valence-corrected chi connectivity index (χ4v) is 1.67. The van der Waals surface area contributed by atoms with Crippen LogP contribution in [-0.4, -0.2) is 21.8 Å². The number of nitrogens with one attached hydrogen (secondary N) is 1. The number of halogens is 1. The maximum absolute atomic E-state index is 10.7. The van der Waals surface area contributed by atoms with Crippen LogP contribution in [0.2, 0.25) is 5.02 Å². The second-order valence-electron chi connectivity index (χ2n) is 3.58. The second-order valence-corrected chi connectivity index (χ2v) is 4.01. The number of fused-ring (bicyclic) bond motifs is 1. The van der Waals surface area contributed by atoms with Crippen LogP contribution in [0.25, 0.3) is 5.65 Å². The Balaban J connectivity index is 2.10. The molecule has 2 aromatic heterocycles. The van der Waals surface area contributed by atoms with Crippen LogP contribution in [0.5, 0.6) is 0 Å². The van der Waals surface area contributed by atoms with E-state index in [1.807, 2.05) is 28.9 Å². The Labute approximate surface area is 98.2 Å². The molecule has 0 saturated carbocycles. The molecule has 0 aliphatic heterocycles. The molecule has 2 rings (SSSR count). The molecule has 0 aliphatic carbocycles. The molecule has 0 unspecified atom stereocenters. The van der Waals surface area contributed by atoms with Gasteiger partial charge in [-0.3, -0.25) is 4.79 Å². The van der Waals surface area contributed by atoms with E-state index in [1.165, 1.54) is 6.92 Å². The lowest BCUT2D eigenvalue weighted by molar-refractivity contribution is -0.118. The number of imidazole rings is 1. The highest BCUT2D eigenvalue weighted by molar-refractivity contribution is 6.30. The van der Waals surface area contributed by atoms with Gasteiger partial charge in [-0.15, -0.1) is 0 Å². The molecule has 0 radical (unpaired) electrons. The van der Waals surface area contributed by atoms with E-state index in [1.54, 1.807) is 0 Å². The molecule has 0 aliphatic rings. The number of carbonyl (C=O) groups is 1. The Morgan fingerprint density at radius 3 is 3.06 bits per heavy atom. The number of rotatable bonds is 3. The summed E-state index contributed by atoms with van der Waals surface area (Å²) in [7, 11) is 0. The quantitative estimate of drug-likeness (QED) is 0.883. The summed E-state index contributed by atoms with van der Waals surface area (Å²) in [5.41, 5.74) is 1.80. The lowest BCUT2D eigenvalue weighted by atomic mass is 10.3. The number of amides is 1. The molecule has 0 fully saturated rings. The van der Waals surface area contributed by atoms with Crippen molar-refractivity contribution in [2.24, 2.45) is 0 Å². The molecular formula is C11H12ClN3O. The zero-order valence-corrected chi connectivity index (χ0v) is 9.66. The van der Waals surface area contributed by atoms with Crippen molar-refractivity contribution in [3.05, 3.63) is 35.2 Å². The summed E-state index contributed by atoms with van der Waals surface area (Å²) in [6.45, 7) is 2.11. The van der Waals surface area contributed by atoms with Gasteiger partial charge < -0.3 is 9.72 Å². The highest BCUT2D eigenvalue weighted by atomic mass is 35.5. The first-order valence-corrected chi connectivity index (χ1v) is 5.40. The second kappa shape index (κ2) is 4.53. The van der Waals surface area contributed by atoms with Crippen LogP contribution in [0.3, 0.4) is 0 Å². The molecule has 4 nitrogen and oxygen atoms in total. The smallest absolute Gasteiger partial charge is 0.216 e. The summed E-state index contributed by atoms with van der Waals surface area (Å²) in [4.78, 5) is 15.1. The van der Waals surface area contributed by atoms with Crippen molar-refractivity contribution in [3.63, 3.8) is 0 Å². The molecule has 0 bridgehead atoms. The Kier molecular flexibility index (Phi) is 3.10. The molecule has 2 heterocycles. The third-order valence-corrected chi connectivity index (χ3v) is 2.44. The van der Waals surface area contributed by atoms with Gasteiger partial charge in [-0.25, -0.2) is 4.98 Å². The van der Waals surface area contributed by atoms with Crippen LogP contribution in [-0.2, 0) is 11.2 Å². The van der Waals surface area contributed by atoms with Crippen molar-refractivity contribution < 1.29 is 4.79 Å². The van der Waals surface area contributed by atoms with E-state index >= 15 is 0 Å². The first-order chi connectivity index (χ1) is 7.65. The van der Waals surface area contributed by atoms with Crippen molar-refractivity contribution in [3.8, 4) is 0 Å². The molecule has 0 spiro atoms. The molecule has 0 aromatic carbocycles. The van der Waals surface area contributed by atoms with E-state index in [2.05, 4.69) is 10.3 Å². The third kappa shape index (κ3) is 2.52. The molecule has 1 N–H and O–H groups in total. The van der Waals surface area contributed by atoms with E-state index in [9.17, 15) is 4.79 Å². The third-order valence-electron chi connectivity index (χ3n) is 2.22. The minimum atomic E-state index is -0.0215. The molecule has 5 heteroatoms. The Bertz CT molecular complexity index is 521. The highest BCUT2D eigenvalue weighted by Gasteiger charge is 2.02. The number of pyridine rings is 1. The Morgan fingerprint density at radius 2 is 2.31 bits per heavy atom. The molecule has 0 atom stereocenters. The Morgan fingerprint density at radius 1 is 1.50 bits per heavy atom. The van der Waals surface area contributed by atoms with E-state index in [-0.39, 0.29) is 5.91 Å². The van der Waals surface area contributed by atoms with E-state index < -0.39 is 0 Å². The van der Waals surface area contributed by atoms with E-state index in [0.29, 0.717) is 11.6 Å². The summed E-state index contributed by atoms with van der Waals surface area (Å²) in [5, 5.41) is 3.41. The van der Waals surface area contributed by atoms with Crippen molar-refractivity contribution in [2.75, 3.05) is 6.54 Å². The molecule has 1 amide bonds. The molecular weight excluding hydrogens is 226 g/mol. The maximum Gasteiger partial charge on any atom is 0.216 e. The zero-order chi connectivity index (χ0) is 11.5. The average molecular weight is 238 g/mol. The van der Waals surface area contributed by atoms with E-state index in [0.717, 1.165) is 17.8 Å². The molecule has 2 aromatic rings. The predicted octanol–water partition coefficient (Wildman–Crippen LogP) is 1.67. The van der Waals surface area contributed by atoms with Gasteiger partial charge in [0.05, 0.1) is 10.7 Å². The summed E-state index contributed by atoms with van der Waals surface area (Å²) in [6.07, 6.45) is 4.45. The van der Waals surface area contributed by atoms with Crippen LogP contribution in [0.4, 0.5) is 0 Å². The minimum Gasteiger partial charge on any atom is -0.356 e.